The van der Waals surface area contributed by atoms with Gasteiger partial charge in [0.1, 0.15) is 12.6 Å². The Morgan fingerprint density at radius 3 is 2.50 bits per heavy atom. The number of nitrogens with one attached hydrogen (secondary N) is 1. The number of ether oxygens (including phenoxy) is 1. The van der Waals surface area contributed by atoms with Crippen molar-refractivity contribution in [3.05, 3.63) is 71.3 Å². The lowest BCUT2D eigenvalue weighted by Gasteiger charge is -2.10. The number of rotatable bonds is 5. The highest BCUT2D eigenvalue weighted by molar-refractivity contribution is 5.89. The fourth-order valence-electron chi connectivity index (χ4n) is 2.91. The minimum Gasteiger partial charge on any atom is -0.459 e. The van der Waals surface area contributed by atoms with Gasteiger partial charge in [0.25, 0.3) is 0 Å². The molecule has 4 nitrogen and oxygen atoms in total. The monoisotopic (exact) mass is 323 g/mol. The van der Waals surface area contributed by atoms with E-state index in [2.05, 4.69) is 5.32 Å². The average molecular weight is 323 g/mol. The van der Waals surface area contributed by atoms with Gasteiger partial charge in [0.2, 0.25) is 5.91 Å². The number of amides is 1. The molecule has 1 fully saturated rings. The first kappa shape index (κ1) is 16.2. The van der Waals surface area contributed by atoms with Crippen LogP contribution in [-0.2, 0) is 27.4 Å². The second-order valence-corrected chi connectivity index (χ2v) is 6.28. The molecule has 1 unspecified atom stereocenters. The first-order valence-corrected chi connectivity index (χ1v) is 8.18. The molecule has 0 spiro atoms. The van der Waals surface area contributed by atoms with Gasteiger partial charge in [-0.25, -0.2) is 4.79 Å². The van der Waals surface area contributed by atoms with E-state index in [1.54, 1.807) is 0 Å². The second-order valence-electron chi connectivity index (χ2n) is 6.28. The molecule has 24 heavy (non-hydrogen) atoms. The Labute approximate surface area is 141 Å². The largest absolute Gasteiger partial charge is 0.459 e. The van der Waals surface area contributed by atoms with Gasteiger partial charge in [-0.2, -0.15) is 0 Å². The number of aryl methyl sites for hydroxylation is 1. The highest BCUT2D eigenvalue weighted by Crippen LogP contribution is 2.22. The van der Waals surface area contributed by atoms with Crippen molar-refractivity contribution in [1.29, 1.82) is 0 Å². The van der Waals surface area contributed by atoms with Gasteiger partial charge in [0.05, 0.1) is 0 Å². The van der Waals surface area contributed by atoms with Crippen molar-refractivity contribution in [2.45, 2.75) is 32.4 Å². The number of benzene rings is 2. The summed E-state index contributed by atoms with van der Waals surface area (Å²) in [6.45, 7) is 2.26. The van der Waals surface area contributed by atoms with E-state index < -0.39 is 6.04 Å². The molecule has 2 aromatic rings. The summed E-state index contributed by atoms with van der Waals surface area (Å²) in [5, 5.41) is 2.76. The van der Waals surface area contributed by atoms with Crippen molar-refractivity contribution < 1.29 is 14.3 Å². The van der Waals surface area contributed by atoms with Gasteiger partial charge in [-0.3, -0.25) is 4.79 Å². The number of esters is 1. The van der Waals surface area contributed by atoms with Gasteiger partial charge in [0.15, 0.2) is 0 Å². The quantitative estimate of drug-likeness (QED) is 0.861. The molecule has 1 aliphatic rings. The minimum atomic E-state index is -0.545. The topological polar surface area (TPSA) is 55.4 Å². The summed E-state index contributed by atoms with van der Waals surface area (Å²) < 4.78 is 5.32. The molecular formula is C20H21NO3. The van der Waals surface area contributed by atoms with Crippen molar-refractivity contribution >= 4 is 11.9 Å². The number of hydrogen-bond donors (Lipinski definition) is 1. The third-order valence-electron chi connectivity index (χ3n) is 4.32. The summed E-state index contributed by atoms with van der Waals surface area (Å²) in [5.74, 6) is -0.613. The summed E-state index contributed by atoms with van der Waals surface area (Å²) in [5.41, 5.74) is 3.24. The van der Waals surface area contributed by atoms with Crippen LogP contribution >= 0.6 is 0 Å². The second kappa shape index (κ2) is 7.30. The van der Waals surface area contributed by atoms with Gasteiger partial charge in [-0.05, 0) is 30.9 Å². The molecule has 1 N–H and O–H groups in total. The summed E-state index contributed by atoms with van der Waals surface area (Å²) in [7, 11) is 0. The third-order valence-corrected chi connectivity index (χ3v) is 4.32. The lowest BCUT2D eigenvalue weighted by molar-refractivity contribution is -0.147. The Morgan fingerprint density at radius 1 is 1.08 bits per heavy atom. The SMILES string of the molecule is Cc1ccc(CC2C[C@@H](C(=O)OCc3ccccc3)NC2=O)cc1. The lowest BCUT2D eigenvalue weighted by Crippen LogP contribution is -2.34. The van der Waals surface area contributed by atoms with E-state index in [0.717, 1.165) is 11.1 Å². The molecule has 0 bridgehead atoms. The summed E-state index contributed by atoms with van der Waals surface area (Å²) in [6, 6.07) is 17.1. The Hall–Kier alpha value is -2.62. The van der Waals surface area contributed by atoms with Crippen LogP contribution in [0.5, 0.6) is 0 Å². The first-order valence-electron chi connectivity index (χ1n) is 8.18. The summed E-state index contributed by atoms with van der Waals surface area (Å²) in [4.78, 5) is 24.3. The van der Waals surface area contributed by atoms with Crippen molar-refractivity contribution in [2.75, 3.05) is 0 Å². The molecule has 0 radical (unpaired) electrons. The van der Waals surface area contributed by atoms with Crippen LogP contribution < -0.4 is 5.32 Å². The van der Waals surface area contributed by atoms with Gasteiger partial charge in [-0.1, -0.05) is 60.2 Å². The van der Waals surface area contributed by atoms with E-state index in [1.165, 1.54) is 5.56 Å². The predicted octanol–water partition coefficient (Wildman–Crippen LogP) is 2.79. The molecular weight excluding hydrogens is 302 g/mol. The fraction of sp³-hybridized carbons (Fsp3) is 0.300. The maximum Gasteiger partial charge on any atom is 0.328 e. The molecule has 2 atom stereocenters. The molecule has 1 heterocycles. The van der Waals surface area contributed by atoms with Crippen LogP contribution in [0.15, 0.2) is 54.6 Å². The van der Waals surface area contributed by atoms with Crippen molar-refractivity contribution in [2.24, 2.45) is 5.92 Å². The van der Waals surface area contributed by atoms with Crippen LogP contribution in [0.2, 0.25) is 0 Å². The van der Waals surface area contributed by atoms with E-state index in [-0.39, 0.29) is 24.4 Å². The van der Waals surface area contributed by atoms with Crippen LogP contribution in [0.3, 0.4) is 0 Å². The van der Waals surface area contributed by atoms with Crippen molar-refractivity contribution in [3.8, 4) is 0 Å². The van der Waals surface area contributed by atoms with Crippen LogP contribution in [0.4, 0.5) is 0 Å². The molecule has 0 aromatic heterocycles. The third kappa shape index (κ3) is 4.02. The van der Waals surface area contributed by atoms with Crippen LogP contribution in [0.25, 0.3) is 0 Å². The zero-order chi connectivity index (χ0) is 16.9. The normalized spacial score (nSPS) is 19.8. The molecule has 1 amide bonds. The Balaban J connectivity index is 1.53. The predicted molar refractivity (Wildman–Crippen MR) is 91.2 cm³/mol. The molecule has 1 saturated heterocycles. The minimum absolute atomic E-state index is 0.0720. The Morgan fingerprint density at radius 2 is 1.79 bits per heavy atom. The molecule has 4 heteroatoms. The lowest BCUT2D eigenvalue weighted by atomic mass is 9.95. The van der Waals surface area contributed by atoms with Gasteiger partial charge < -0.3 is 10.1 Å². The standard InChI is InChI=1S/C20H21NO3/c1-14-7-9-15(10-8-14)11-17-12-18(21-19(17)22)20(23)24-13-16-5-3-2-4-6-16/h2-10,17-18H,11-13H2,1H3,(H,21,22)/t17?,18-/m0/s1. The maximum absolute atomic E-state index is 12.2. The molecule has 0 saturated carbocycles. The first-order chi connectivity index (χ1) is 11.6. The number of carbonyl (C=O) groups is 2. The Bertz CT molecular complexity index is 709. The smallest absolute Gasteiger partial charge is 0.328 e. The zero-order valence-electron chi connectivity index (χ0n) is 13.7. The van der Waals surface area contributed by atoms with Crippen molar-refractivity contribution in [1.82, 2.24) is 5.32 Å². The molecule has 0 aliphatic carbocycles. The maximum atomic E-state index is 12.2. The van der Waals surface area contributed by atoms with Gasteiger partial charge in [-0.15, -0.1) is 0 Å². The highest BCUT2D eigenvalue weighted by atomic mass is 16.5. The summed E-state index contributed by atoms with van der Waals surface area (Å²) in [6.07, 6.45) is 1.13. The highest BCUT2D eigenvalue weighted by Gasteiger charge is 2.36. The van der Waals surface area contributed by atoms with E-state index in [4.69, 9.17) is 4.74 Å². The number of carbonyl (C=O) groups excluding carboxylic acids is 2. The van der Waals surface area contributed by atoms with E-state index >= 15 is 0 Å². The van der Waals surface area contributed by atoms with Crippen LogP contribution in [-0.4, -0.2) is 17.9 Å². The van der Waals surface area contributed by atoms with Gasteiger partial charge >= 0.3 is 5.97 Å². The molecule has 3 rings (SSSR count). The van der Waals surface area contributed by atoms with Crippen LogP contribution in [0, 0.1) is 12.8 Å². The molecule has 2 aromatic carbocycles. The molecule has 124 valence electrons. The van der Waals surface area contributed by atoms with E-state index in [1.807, 2.05) is 61.5 Å². The van der Waals surface area contributed by atoms with Gasteiger partial charge in [0, 0.05) is 5.92 Å². The average Bonchev–Trinajstić information content (AvgIpc) is 2.96. The van der Waals surface area contributed by atoms with E-state index in [0.29, 0.717) is 12.8 Å². The summed E-state index contributed by atoms with van der Waals surface area (Å²) >= 11 is 0. The zero-order valence-corrected chi connectivity index (χ0v) is 13.7. The Kier molecular flexibility index (Phi) is 4.94. The van der Waals surface area contributed by atoms with Crippen LogP contribution in [0.1, 0.15) is 23.1 Å². The van der Waals surface area contributed by atoms with Crippen molar-refractivity contribution in [3.63, 3.8) is 0 Å². The fourth-order valence-corrected chi connectivity index (χ4v) is 2.91. The number of hydrogen-bond acceptors (Lipinski definition) is 3. The van der Waals surface area contributed by atoms with E-state index in [9.17, 15) is 9.59 Å². The molecule has 1 aliphatic heterocycles.